The van der Waals surface area contributed by atoms with Gasteiger partial charge in [0.05, 0.1) is 11.9 Å². The molecular formula is C19H28IN5S. The fourth-order valence-electron chi connectivity index (χ4n) is 2.94. The summed E-state index contributed by atoms with van der Waals surface area (Å²) < 4.78 is 0. The van der Waals surface area contributed by atoms with Gasteiger partial charge in [-0.1, -0.05) is 37.3 Å². The SMILES string of the molecule is CCNC(=NCc1ncc(-c2ccccc2)[nH]1)N1CCSC(CC)C1.I. The van der Waals surface area contributed by atoms with Crippen molar-refractivity contribution < 1.29 is 0 Å². The van der Waals surface area contributed by atoms with E-state index < -0.39 is 0 Å². The first-order chi connectivity index (χ1) is 12.3. The number of H-pyrrole nitrogens is 1. The first-order valence-corrected chi connectivity index (χ1v) is 10.1. The molecule has 1 fully saturated rings. The van der Waals surface area contributed by atoms with Gasteiger partial charge in [-0.05, 0) is 18.9 Å². The topological polar surface area (TPSA) is 56.3 Å². The average Bonchev–Trinajstić information content (AvgIpc) is 3.15. The Hall–Kier alpha value is -1.22. The van der Waals surface area contributed by atoms with Crippen LogP contribution in [0, 0.1) is 0 Å². The second-order valence-electron chi connectivity index (χ2n) is 6.13. The summed E-state index contributed by atoms with van der Waals surface area (Å²) in [6.07, 6.45) is 3.09. The number of aromatic nitrogens is 2. The Labute approximate surface area is 177 Å². The highest BCUT2D eigenvalue weighted by atomic mass is 127. The molecule has 5 nitrogen and oxygen atoms in total. The smallest absolute Gasteiger partial charge is 0.194 e. The molecule has 1 atom stereocenters. The molecule has 26 heavy (non-hydrogen) atoms. The van der Waals surface area contributed by atoms with Gasteiger partial charge in [0, 0.05) is 30.6 Å². The van der Waals surface area contributed by atoms with Gasteiger partial charge < -0.3 is 15.2 Å². The molecule has 3 rings (SSSR count). The molecule has 2 N–H and O–H groups in total. The fraction of sp³-hybridized carbons (Fsp3) is 0.474. The molecule has 1 aliphatic rings. The van der Waals surface area contributed by atoms with Crippen molar-refractivity contribution in [3.8, 4) is 11.3 Å². The number of benzene rings is 1. The van der Waals surface area contributed by atoms with Crippen molar-refractivity contribution in [1.29, 1.82) is 0 Å². The minimum atomic E-state index is 0. The van der Waals surface area contributed by atoms with Crippen LogP contribution in [0.2, 0.25) is 0 Å². The maximum absolute atomic E-state index is 4.81. The van der Waals surface area contributed by atoms with E-state index in [0.717, 1.165) is 42.7 Å². The predicted octanol–water partition coefficient (Wildman–Crippen LogP) is 3.99. The molecule has 1 saturated heterocycles. The summed E-state index contributed by atoms with van der Waals surface area (Å²) in [5, 5.41) is 4.13. The summed E-state index contributed by atoms with van der Waals surface area (Å²) in [7, 11) is 0. The third kappa shape index (κ3) is 5.64. The van der Waals surface area contributed by atoms with E-state index in [2.05, 4.69) is 57.9 Å². The normalized spacial score (nSPS) is 17.7. The fourth-order valence-corrected chi connectivity index (χ4v) is 4.12. The number of hydrogen-bond acceptors (Lipinski definition) is 3. The minimum absolute atomic E-state index is 0. The van der Waals surface area contributed by atoms with Crippen LogP contribution in [0.4, 0.5) is 0 Å². The molecule has 7 heteroatoms. The highest BCUT2D eigenvalue weighted by Crippen LogP contribution is 2.21. The molecular weight excluding hydrogens is 457 g/mol. The highest BCUT2D eigenvalue weighted by molar-refractivity contribution is 14.0. The molecule has 2 heterocycles. The molecule has 1 aromatic carbocycles. The molecule has 1 aromatic heterocycles. The molecule has 1 aliphatic heterocycles. The van der Waals surface area contributed by atoms with Crippen molar-refractivity contribution in [3.63, 3.8) is 0 Å². The van der Waals surface area contributed by atoms with Crippen molar-refractivity contribution in [1.82, 2.24) is 20.2 Å². The molecule has 0 saturated carbocycles. The maximum Gasteiger partial charge on any atom is 0.194 e. The Balaban J connectivity index is 0.00000243. The van der Waals surface area contributed by atoms with E-state index in [0.29, 0.717) is 11.8 Å². The van der Waals surface area contributed by atoms with Gasteiger partial charge >= 0.3 is 0 Å². The summed E-state index contributed by atoms with van der Waals surface area (Å²) >= 11 is 2.07. The van der Waals surface area contributed by atoms with Gasteiger partial charge in [0.15, 0.2) is 5.96 Å². The summed E-state index contributed by atoms with van der Waals surface area (Å²) in [5.74, 6) is 3.06. The molecule has 0 spiro atoms. The predicted molar refractivity (Wildman–Crippen MR) is 122 cm³/mol. The summed E-state index contributed by atoms with van der Waals surface area (Å²) in [6, 6.07) is 10.3. The monoisotopic (exact) mass is 485 g/mol. The number of rotatable bonds is 5. The van der Waals surface area contributed by atoms with E-state index in [1.165, 1.54) is 12.2 Å². The number of halogens is 1. The van der Waals surface area contributed by atoms with Gasteiger partial charge in [0.1, 0.15) is 12.4 Å². The lowest BCUT2D eigenvalue weighted by atomic mass is 10.2. The standard InChI is InChI=1S/C19H27N5S.HI/c1-3-16-14-24(10-11-25-16)19(20-4-2)22-13-18-21-12-17(23-18)15-8-6-5-7-9-15;/h5-9,12,16H,3-4,10-11,13-14H2,1-2H3,(H,20,22)(H,21,23);1H. The second-order valence-corrected chi connectivity index (χ2v) is 7.54. The Morgan fingerprint density at radius 3 is 2.88 bits per heavy atom. The number of nitrogens with one attached hydrogen (secondary N) is 2. The van der Waals surface area contributed by atoms with E-state index in [1.807, 2.05) is 24.4 Å². The van der Waals surface area contributed by atoms with Crippen LogP contribution in [-0.2, 0) is 6.54 Å². The average molecular weight is 485 g/mol. The quantitative estimate of drug-likeness (QED) is 0.382. The summed E-state index contributed by atoms with van der Waals surface area (Å²) in [4.78, 5) is 15.1. The van der Waals surface area contributed by atoms with Crippen molar-refractivity contribution in [2.75, 3.05) is 25.4 Å². The Morgan fingerprint density at radius 2 is 2.15 bits per heavy atom. The lowest BCUT2D eigenvalue weighted by Crippen LogP contribution is -2.48. The number of aromatic amines is 1. The largest absolute Gasteiger partial charge is 0.357 e. The number of imidazole rings is 1. The van der Waals surface area contributed by atoms with Crippen LogP contribution in [-0.4, -0.2) is 51.5 Å². The van der Waals surface area contributed by atoms with E-state index in [-0.39, 0.29) is 24.0 Å². The van der Waals surface area contributed by atoms with Crippen LogP contribution in [0.15, 0.2) is 41.5 Å². The zero-order chi connectivity index (χ0) is 17.5. The molecule has 0 bridgehead atoms. The number of hydrogen-bond donors (Lipinski definition) is 2. The molecule has 1 unspecified atom stereocenters. The molecule has 2 aromatic rings. The Bertz CT molecular complexity index is 688. The molecule has 0 aliphatic carbocycles. The van der Waals surface area contributed by atoms with Crippen LogP contribution in [0.1, 0.15) is 26.1 Å². The number of aliphatic imine (C=N–C) groups is 1. The van der Waals surface area contributed by atoms with Crippen LogP contribution >= 0.6 is 35.7 Å². The van der Waals surface area contributed by atoms with Crippen molar-refractivity contribution in [3.05, 3.63) is 42.4 Å². The second kappa shape index (κ2) is 10.8. The summed E-state index contributed by atoms with van der Waals surface area (Å²) in [5.41, 5.74) is 2.19. The number of guanidine groups is 1. The van der Waals surface area contributed by atoms with Crippen molar-refractivity contribution >= 4 is 41.7 Å². The van der Waals surface area contributed by atoms with Crippen LogP contribution in [0.25, 0.3) is 11.3 Å². The van der Waals surface area contributed by atoms with E-state index >= 15 is 0 Å². The highest BCUT2D eigenvalue weighted by Gasteiger charge is 2.21. The lowest BCUT2D eigenvalue weighted by Gasteiger charge is -2.34. The van der Waals surface area contributed by atoms with E-state index in [4.69, 9.17) is 4.99 Å². The first-order valence-electron chi connectivity index (χ1n) is 9.04. The van der Waals surface area contributed by atoms with Gasteiger partial charge in [0.25, 0.3) is 0 Å². The van der Waals surface area contributed by atoms with Gasteiger partial charge in [-0.3, -0.25) is 0 Å². The molecule has 0 radical (unpaired) electrons. The molecule has 142 valence electrons. The summed E-state index contributed by atoms with van der Waals surface area (Å²) in [6.45, 7) is 7.95. The third-order valence-corrected chi connectivity index (χ3v) is 5.69. The van der Waals surface area contributed by atoms with Gasteiger partial charge in [0.2, 0.25) is 0 Å². The minimum Gasteiger partial charge on any atom is -0.357 e. The first kappa shape index (κ1) is 21.1. The number of nitrogens with zero attached hydrogens (tertiary/aromatic N) is 3. The van der Waals surface area contributed by atoms with E-state index in [1.54, 1.807) is 0 Å². The Morgan fingerprint density at radius 1 is 1.35 bits per heavy atom. The van der Waals surface area contributed by atoms with Gasteiger partial charge in [-0.25, -0.2) is 9.98 Å². The zero-order valence-electron chi connectivity index (χ0n) is 15.4. The maximum atomic E-state index is 4.81. The van der Waals surface area contributed by atoms with Crippen LogP contribution in [0.5, 0.6) is 0 Å². The number of thioether (sulfide) groups is 1. The van der Waals surface area contributed by atoms with Gasteiger partial charge in [-0.15, -0.1) is 24.0 Å². The van der Waals surface area contributed by atoms with Crippen molar-refractivity contribution in [2.45, 2.75) is 32.1 Å². The third-order valence-electron chi connectivity index (χ3n) is 4.32. The zero-order valence-corrected chi connectivity index (χ0v) is 18.6. The Kier molecular flexibility index (Phi) is 8.77. The van der Waals surface area contributed by atoms with Crippen LogP contribution in [0.3, 0.4) is 0 Å². The van der Waals surface area contributed by atoms with Crippen molar-refractivity contribution in [2.24, 2.45) is 4.99 Å². The van der Waals surface area contributed by atoms with Gasteiger partial charge in [-0.2, -0.15) is 11.8 Å². The molecule has 0 amide bonds. The lowest BCUT2D eigenvalue weighted by molar-refractivity contribution is 0.408. The van der Waals surface area contributed by atoms with E-state index in [9.17, 15) is 0 Å². The van der Waals surface area contributed by atoms with Crippen LogP contribution < -0.4 is 5.32 Å².